The molecule has 1 saturated carbocycles. The van der Waals surface area contributed by atoms with Crippen LogP contribution in [0.3, 0.4) is 0 Å². The predicted octanol–water partition coefficient (Wildman–Crippen LogP) is 2.89. The molecule has 96 valence electrons. The summed E-state index contributed by atoms with van der Waals surface area (Å²) in [6.45, 7) is 9.14. The summed E-state index contributed by atoms with van der Waals surface area (Å²) in [5, 5.41) is 10.2. The molecule has 1 N–H and O–H groups in total. The van der Waals surface area contributed by atoms with Gasteiger partial charge in [0.25, 0.3) is 0 Å². The van der Waals surface area contributed by atoms with Gasteiger partial charge in [-0.1, -0.05) is 43.1 Å². The van der Waals surface area contributed by atoms with Gasteiger partial charge in [-0.25, -0.2) is 0 Å². The third-order valence-electron chi connectivity index (χ3n) is 3.84. The van der Waals surface area contributed by atoms with E-state index in [1.54, 1.807) is 0 Å². The van der Waals surface area contributed by atoms with Gasteiger partial charge >= 0.3 is 0 Å². The zero-order chi connectivity index (χ0) is 12.2. The molecule has 0 spiro atoms. The number of halogens is 1. The standard InChI is InChI=1S/C13H26BrNO/c1-13(2,3)11(9-14)10-15(7-8-16)12-5-4-6-12/h11-12,16H,4-10H2,1-3H3. The molecule has 0 aromatic carbocycles. The maximum Gasteiger partial charge on any atom is 0.0558 e. The molecule has 2 nitrogen and oxygen atoms in total. The smallest absolute Gasteiger partial charge is 0.0558 e. The molecule has 1 aliphatic rings. The fourth-order valence-corrected chi connectivity index (χ4v) is 3.32. The Morgan fingerprint density at radius 2 is 2.00 bits per heavy atom. The summed E-state index contributed by atoms with van der Waals surface area (Å²) in [5.74, 6) is 0.652. The molecule has 1 fully saturated rings. The van der Waals surface area contributed by atoms with Gasteiger partial charge in [0, 0.05) is 24.5 Å². The van der Waals surface area contributed by atoms with Gasteiger partial charge in [0.15, 0.2) is 0 Å². The van der Waals surface area contributed by atoms with Crippen molar-refractivity contribution in [3.63, 3.8) is 0 Å². The Hall–Kier alpha value is 0.400. The first kappa shape index (κ1) is 14.5. The average Bonchev–Trinajstić information content (AvgIpc) is 2.09. The van der Waals surface area contributed by atoms with Crippen LogP contribution in [-0.2, 0) is 0 Å². The topological polar surface area (TPSA) is 23.5 Å². The molecule has 3 heteroatoms. The van der Waals surface area contributed by atoms with E-state index < -0.39 is 0 Å². The van der Waals surface area contributed by atoms with E-state index >= 15 is 0 Å². The Morgan fingerprint density at radius 3 is 2.31 bits per heavy atom. The van der Waals surface area contributed by atoms with E-state index in [9.17, 15) is 0 Å². The first-order valence-corrected chi connectivity index (χ1v) is 7.52. The minimum absolute atomic E-state index is 0.287. The molecule has 1 aliphatic carbocycles. The fraction of sp³-hybridized carbons (Fsp3) is 1.00. The lowest BCUT2D eigenvalue weighted by Crippen LogP contribution is -2.46. The van der Waals surface area contributed by atoms with Crippen molar-refractivity contribution < 1.29 is 5.11 Å². The summed E-state index contributed by atoms with van der Waals surface area (Å²) in [4.78, 5) is 2.49. The van der Waals surface area contributed by atoms with Crippen LogP contribution in [0.25, 0.3) is 0 Å². The third kappa shape index (κ3) is 4.01. The second kappa shape index (κ2) is 6.36. The lowest BCUT2D eigenvalue weighted by atomic mass is 9.80. The van der Waals surface area contributed by atoms with E-state index in [-0.39, 0.29) is 6.61 Å². The molecule has 0 saturated heterocycles. The van der Waals surface area contributed by atoms with Crippen molar-refractivity contribution in [1.29, 1.82) is 0 Å². The Kier molecular flexibility index (Phi) is 5.75. The quantitative estimate of drug-likeness (QED) is 0.761. The number of hydrogen-bond acceptors (Lipinski definition) is 2. The Balaban J connectivity index is 2.51. The Labute approximate surface area is 109 Å². The molecule has 1 atom stereocenters. The van der Waals surface area contributed by atoms with Gasteiger partial charge in [-0.2, -0.15) is 0 Å². The van der Waals surface area contributed by atoms with Crippen molar-refractivity contribution in [2.45, 2.75) is 46.1 Å². The van der Waals surface area contributed by atoms with Gasteiger partial charge in [-0.05, 0) is 24.2 Å². The van der Waals surface area contributed by atoms with E-state index in [1.165, 1.54) is 19.3 Å². The molecular formula is C13H26BrNO. The van der Waals surface area contributed by atoms with Crippen molar-refractivity contribution in [3.8, 4) is 0 Å². The zero-order valence-electron chi connectivity index (χ0n) is 10.9. The monoisotopic (exact) mass is 291 g/mol. The first-order valence-electron chi connectivity index (χ1n) is 6.40. The average molecular weight is 292 g/mol. The van der Waals surface area contributed by atoms with E-state index in [0.717, 1.165) is 24.5 Å². The molecule has 0 heterocycles. The Morgan fingerprint density at radius 1 is 1.38 bits per heavy atom. The van der Waals surface area contributed by atoms with Crippen LogP contribution in [0.2, 0.25) is 0 Å². The summed E-state index contributed by atoms with van der Waals surface area (Å²) < 4.78 is 0. The summed E-state index contributed by atoms with van der Waals surface area (Å²) in [6, 6.07) is 0.732. The summed E-state index contributed by atoms with van der Waals surface area (Å²) in [5.41, 5.74) is 0.334. The van der Waals surface area contributed by atoms with Crippen LogP contribution < -0.4 is 0 Å². The van der Waals surface area contributed by atoms with Gasteiger partial charge in [-0.3, -0.25) is 4.90 Å². The molecule has 0 amide bonds. The van der Waals surface area contributed by atoms with Crippen LogP contribution in [0, 0.1) is 11.3 Å². The highest BCUT2D eigenvalue weighted by molar-refractivity contribution is 9.09. The largest absolute Gasteiger partial charge is 0.395 e. The van der Waals surface area contributed by atoms with Crippen LogP contribution >= 0.6 is 15.9 Å². The maximum absolute atomic E-state index is 9.14. The highest BCUT2D eigenvalue weighted by Crippen LogP contribution is 2.31. The molecule has 0 bridgehead atoms. The van der Waals surface area contributed by atoms with Crippen molar-refractivity contribution in [1.82, 2.24) is 4.90 Å². The van der Waals surface area contributed by atoms with E-state index in [2.05, 4.69) is 41.6 Å². The Bertz CT molecular complexity index is 199. The lowest BCUT2D eigenvalue weighted by molar-refractivity contribution is 0.0667. The van der Waals surface area contributed by atoms with Crippen LogP contribution in [0.5, 0.6) is 0 Å². The van der Waals surface area contributed by atoms with Gasteiger partial charge in [-0.15, -0.1) is 0 Å². The minimum atomic E-state index is 0.287. The fourth-order valence-electron chi connectivity index (χ4n) is 2.14. The number of nitrogens with zero attached hydrogens (tertiary/aromatic N) is 1. The van der Waals surface area contributed by atoms with Crippen molar-refractivity contribution in [2.75, 3.05) is 25.0 Å². The molecule has 0 radical (unpaired) electrons. The molecule has 0 aromatic rings. The molecule has 1 rings (SSSR count). The van der Waals surface area contributed by atoms with Gasteiger partial charge in [0.2, 0.25) is 0 Å². The normalized spacial score (nSPS) is 19.9. The van der Waals surface area contributed by atoms with Gasteiger partial charge in [0.1, 0.15) is 0 Å². The number of rotatable bonds is 6. The lowest BCUT2D eigenvalue weighted by Gasteiger charge is -2.41. The van der Waals surface area contributed by atoms with Gasteiger partial charge in [0.05, 0.1) is 6.61 Å². The molecule has 16 heavy (non-hydrogen) atoms. The number of aliphatic hydroxyl groups is 1. The minimum Gasteiger partial charge on any atom is -0.395 e. The summed E-state index contributed by atoms with van der Waals surface area (Å²) in [7, 11) is 0. The molecule has 0 aliphatic heterocycles. The van der Waals surface area contributed by atoms with Crippen molar-refractivity contribution >= 4 is 15.9 Å². The van der Waals surface area contributed by atoms with Crippen LogP contribution in [0.4, 0.5) is 0 Å². The SMILES string of the molecule is CC(C)(C)C(CBr)CN(CCO)C1CCC1. The first-order chi connectivity index (χ1) is 7.49. The zero-order valence-corrected chi connectivity index (χ0v) is 12.5. The molecule has 0 aromatic heterocycles. The van der Waals surface area contributed by atoms with Crippen molar-refractivity contribution in [2.24, 2.45) is 11.3 Å². The second-order valence-corrected chi connectivity index (χ2v) is 6.67. The molecular weight excluding hydrogens is 266 g/mol. The highest BCUT2D eigenvalue weighted by atomic mass is 79.9. The number of alkyl halides is 1. The second-order valence-electron chi connectivity index (χ2n) is 6.02. The maximum atomic E-state index is 9.14. The van der Waals surface area contributed by atoms with Crippen molar-refractivity contribution in [3.05, 3.63) is 0 Å². The third-order valence-corrected chi connectivity index (χ3v) is 4.63. The summed E-state index contributed by atoms with van der Waals surface area (Å²) >= 11 is 3.63. The highest BCUT2D eigenvalue weighted by Gasteiger charge is 2.30. The van der Waals surface area contributed by atoms with Gasteiger partial charge < -0.3 is 5.11 Å². The number of hydrogen-bond donors (Lipinski definition) is 1. The van der Waals surface area contributed by atoms with Crippen LogP contribution in [-0.4, -0.2) is 41.1 Å². The van der Waals surface area contributed by atoms with Crippen LogP contribution in [0.1, 0.15) is 40.0 Å². The van der Waals surface area contributed by atoms with E-state index in [0.29, 0.717) is 11.3 Å². The predicted molar refractivity (Wildman–Crippen MR) is 73.0 cm³/mol. The number of aliphatic hydroxyl groups excluding tert-OH is 1. The van der Waals surface area contributed by atoms with Crippen LogP contribution in [0.15, 0.2) is 0 Å². The molecule has 1 unspecified atom stereocenters. The van der Waals surface area contributed by atoms with E-state index in [1.807, 2.05) is 0 Å². The summed E-state index contributed by atoms with van der Waals surface area (Å²) in [6.07, 6.45) is 4.00. The van der Waals surface area contributed by atoms with E-state index in [4.69, 9.17) is 5.11 Å².